The lowest BCUT2D eigenvalue weighted by atomic mass is 9.65. The highest BCUT2D eigenvalue weighted by Crippen LogP contribution is 2.47. The Morgan fingerprint density at radius 1 is 1.12 bits per heavy atom. The van der Waals surface area contributed by atoms with Crippen molar-refractivity contribution >= 4 is 14.0 Å². The minimum Gasteiger partial charge on any atom is -0.481 e. The second-order valence-electron chi connectivity index (χ2n) is 13.1. The van der Waals surface area contributed by atoms with Gasteiger partial charge < -0.3 is 14.6 Å². The Bertz CT molecular complexity index is 651. The van der Waals surface area contributed by atoms with Crippen molar-refractivity contribution in [3.8, 4) is 0 Å². The molecule has 0 aromatic rings. The summed E-state index contributed by atoms with van der Waals surface area (Å²) in [5, 5.41) is 10.2. The highest BCUT2D eigenvalue weighted by atomic mass is 28.3. The molecule has 1 aliphatic heterocycles. The molecule has 4 atom stereocenters. The van der Waals surface area contributed by atoms with Crippen LogP contribution < -0.4 is 0 Å². The number of hydrogen-bond donors (Lipinski definition) is 1. The van der Waals surface area contributed by atoms with Crippen molar-refractivity contribution in [2.75, 3.05) is 13.2 Å². The molecule has 1 saturated heterocycles. The average molecular weight is 467 g/mol. The van der Waals surface area contributed by atoms with E-state index in [2.05, 4.69) is 66.9 Å². The van der Waals surface area contributed by atoms with Crippen molar-refractivity contribution in [2.24, 2.45) is 35.0 Å². The third-order valence-electron chi connectivity index (χ3n) is 7.38. The molecule has 0 amide bonds. The van der Waals surface area contributed by atoms with Crippen LogP contribution in [0.2, 0.25) is 19.6 Å². The van der Waals surface area contributed by atoms with Crippen LogP contribution in [0.4, 0.5) is 0 Å². The average Bonchev–Trinajstić information content (AvgIpc) is 2.64. The molecule has 1 aliphatic carbocycles. The van der Waals surface area contributed by atoms with Gasteiger partial charge in [-0.25, -0.2) is 0 Å². The lowest BCUT2D eigenvalue weighted by molar-refractivity contribution is -0.293. The summed E-state index contributed by atoms with van der Waals surface area (Å²) in [5.74, 6) is 0.268. The van der Waals surface area contributed by atoms with Crippen LogP contribution in [0.15, 0.2) is 11.3 Å². The van der Waals surface area contributed by atoms with Crippen molar-refractivity contribution in [1.29, 1.82) is 0 Å². The molecule has 4 nitrogen and oxygen atoms in total. The smallest absolute Gasteiger partial charge is 0.307 e. The van der Waals surface area contributed by atoms with E-state index in [-0.39, 0.29) is 17.3 Å². The van der Waals surface area contributed by atoms with Gasteiger partial charge in [0.1, 0.15) is 0 Å². The van der Waals surface area contributed by atoms with E-state index in [0.717, 1.165) is 51.7 Å². The van der Waals surface area contributed by atoms with Crippen molar-refractivity contribution in [1.82, 2.24) is 0 Å². The topological polar surface area (TPSA) is 55.8 Å². The van der Waals surface area contributed by atoms with E-state index in [4.69, 9.17) is 9.47 Å². The predicted molar refractivity (Wildman–Crippen MR) is 135 cm³/mol. The maximum atomic E-state index is 12.4. The first-order valence-electron chi connectivity index (χ1n) is 12.9. The molecule has 186 valence electrons. The monoisotopic (exact) mass is 466 g/mol. The second kappa shape index (κ2) is 10.7. The standard InChI is InChI=1S/C27H50O4Si/c1-19(2)10-12-23(25(28)29)22-13-11-20(3)21(24(22)16-32(7,8)9)14-15-27(6)30-17-26(4,5)18-31-27/h16,19-23H,10-15,17-18H2,1-9H3,(H,28,29)/b24-16+/t20-,21+,22+,23-/m1/s1. The molecule has 1 saturated carbocycles. The molecule has 1 heterocycles. The maximum Gasteiger partial charge on any atom is 0.307 e. The summed E-state index contributed by atoms with van der Waals surface area (Å²) < 4.78 is 12.4. The molecule has 2 fully saturated rings. The number of ether oxygens (including phenoxy) is 2. The van der Waals surface area contributed by atoms with E-state index in [1.807, 2.05) is 0 Å². The van der Waals surface area contributed by atoms with Crippen LogP contribution in [-0.4, -0.2) is 38.2 Å². The van der Waals surface area contributed by atoms with Crippen LogP contribution in [0.3, 0.4) is 0 Å². The van der Waals surface area contributed by atoms with Gasteiger partial charge in [0, 0.05) is 11.8 Å². The van der Waals surface area contributed by atoms with E-state index >= 15 is 0 Å². The van der Waals surface area contributed by atoms with Crippen molar-refractivity contribution in [3.63, 3.8) is 0 Å². The molecule has 0 aromatic heterocycles. The molecule has 1 N–H and O–H groups in total. The normalized spacial score (nSPS) is 30.4. The first-order chi connectivity index (χ1) is 14.6. The van der Waals surface area contributed by atoms with Crippen molar-refractivity contribution in [2.45, 2.75) is 105 Å². The first-order valence-corrected chi connectivity index (χ1v) is 16.4. The zero-order valence-electron chi connectivity index (χ0n) is 22.3. The molecule has 0 spiro atoms. The van der Waals surface area contributed by atoms with Gasteiger partial charge >= 0.3 is 5.97 Å². The summed E-state index contributed by atoms with van der Waals surface area (Å²) in [7, 11) is -1.51. The number of carbonyl (C=O) groups is 1. The quantitative estimate of drug-likeness (QED) is 0.366. The SMILES string of the molecule is CC(C)CC[C@@H](C(=O)O)[C@@H]1CC[C@@H](C)[C@H](CCC2(C)OCC(C)(C)CO2)/C1=C\[Si](C)(C)C. The number of aliphatic carboxylic acids is 1. The zero-order chi connectivity index (χ0) is 24.3. The van der Waals surface area contributed by atoms with Gasteiger partial charge in [0.15, 0.2) is 5.79 Å². The lowest BCUT2D eigenvalue weighted by Gasteiger charge is -2.44. The Morgan fingerprint density at radius 2 is 1.72 bits per heavy atom. The van der Waals surface area contributed by atoms with Gasteiger partial charge in [-0.15, -0.1) is 0 Å². The molecule has 2 aliphatic rings. The number of carboxylic acid groups (broad SMARTS) is 1. The minimum atomic E-state index is -1.51. The molecule has 0 radical (unpaired) electrons. The van der Waals surface area contributed by atoms with Crippen LogP contribution in [0.1, 0.15) is 80.1 Å². The van der Waals surface area contributed by atoms with E-state index in [1.54, 1.807) is 0 Å². The van der Waals surface area contributed by atoms with Crippen LogP contribution in [-0.2, 0) is 14.3 Å². The molecule has 0 bridgehead atoms. The van der Waals surface area contributed by atoms with Crippen LogP contribution in [0, 0.1) is 35.0 Å². The van der Waals surface area contributed by atoms with E-state index in [9.17, 15) is 9.90 Å². The fourth-order valence-electron chi connectivity index (χ4n) is 5.36. The van der Waals surface area contributed by atoms with Crippen LogP contribution in [0.5, 0.6) is 0 Å². The molecule has 0 unspecified atom stereocenters. The minimum absolute atomic E-state index is 0.0662. The van der Waals surface area contributed by atoms with Crippen LogP contribution >= 0.6 is 0 Å². The highest BCUT2D eigenvalue weighted by molar-refractivity contribution is 6.81. The van der Waals surface area contributed by atoms with E-state index in [1.165, 1.54) is 5.57 Å². The molecule has 0 aromatic carbocycles. The van der Waals surface area contributed by atoms with Crippen molar-refractivity contribution in [3.05, 3.63) is 11.3 Å². The summed E-state index contributed by atoms with van der Waals surface area (Å²) in [6.07, 6.45) is 5.72. The van der Waals surface area contributed by atoms with E-state index < -0.39 is 19.8 Å². The van der Waals surface area contributed by atoms with Gasteiger partial charge in [0.2, 0.25) is 0 Å². The van der Waals surface area contributed by atoms with Crippen molar-refractivity contribution < 1.29 is 19.4 Å². The fraction of sp³-hybridized carbons (Fsp3) is 0.889. The molecule has 32 heavy (non-hydrogen) atoms. The molecule has 5 heteroatoms. The zero-order valence-corrected chi connectivity index (χ0v) is 23.3. The lowest BCUT2D eigenvalue weighted by Crippen LogP contribution is -2.46. The Kier molecular flexibility index (Phi) is 9.25. The van der Waals surface area contributed by atoms with Gasteiger partial charge in [-0.1, -0.05) is 72.0 Å². The maximum absolute atomic E-state index is 12.4. The van der Waals surface area contributed by atoms with Gasteiger partial charge in [-0.3, -0.25) is 4.79 Å². The van der Waals surface area contributed by atoms with E-state index in [0.29, 0.717) is 17.8 Å². The Labute approximate surface area is 198 Å². The Morgan fingerprint density at radius 3 is 2.22 bits per heavy atom. The number of carboxylic acids is 1. The second-order valence-corrected chi connectivity index (χ2v) is 18.1. The Hall–Kier alpha value is -0.653. The summed E-state index contributed by atoms with van der Waals surface area (Å²) in [6, 6.07) is 0. The Balaban J connectivity index is 2.26. The van der Waals surface area contributed by atoms with Gasteiger partial charge in [-0.05, 0) is 56.3 Å². The largest absolute Gasteiger partial charge is 0.481 e. The van der Waals surface area contributed by atoms with Gasteiger partial charge in [0.25, 0.3) is 0 Å². The molecule has 2 rings (SSSR count). The summed E-state index contributed by atoms with van der Waals surface area (Å²) >= 11 is 0. The number of hydrogen-bond acceptors (Lipinski definition) is 3. The molecular formula is C27H50O4Si. The predicted octanol–water partition coefficient (Wildman–Crippen LogP) is 7.16. The highest BCUT2D eigenvalue weighted by Gasteiger charge is 2.42. The fourth-order valence-corrected chi connectivity index (χ4v) is 6.79. The first kappa shape index (κ1) is 27.6. The third kappa shape index (κ3) is 7.98. The summed E-state index contributed by atoms with van der Waals surface area (Å²) in [4.78, 5) is 12.4. The van der Waals surface area contributed by atoms with Crippen LogP contribution in [0.25, 0.3) is 0 Å². The van der Waals surface area contributed by atoms with Gasteiger partial charge in [-0.2, -0.15) is 0 Å². The third-order valence-corrected chi connectivity index (χ3v) is 8.58. The van der Waals surface area contributed by atoms with Gasteiger partial charge in [0.05, 0.1) is 27.2 Å². The number of rotatable bonds is 9. The molecular weight excluding hydrogens is 416 g/mol. The summed E-state index contributed by atoms with van der Waals surface area (Å²) in [5.41, 5.74) is 4.05. The summed E-state index contributed by atoms with van der Waals surface area (Å²) in [6.45, 7) is 21.7. The number of allylic oxidation sites excluding steroid dienone is 1.